The van der Waals surface area contributed by atoms with Gasteiger partial charge in [-0.1, -0.05) is 23.4 Å². The van der Waals surface area contributed by atoms with E-state index in [2.05, 4.69) is 9.97 Å². The van der Waals surface area contributed by atoms with Crippen LogP contribution >= 0.6 is 23.4 Å². The summed E-state index contributed by atoms with van der Waals surface area (Å²) in [7, 11) is 0. The number of thioether (sulfide) groups is 1. The predicted molar refractivity (Wildman–Crippen MR) is 71.0 cm³/mol. The van der Waals surface area contributed by atoms with Crippen molar-refractivity contribution >= 4 is 23.4 Å². The third-order valence-corrected chi connectivity index (χ3v) is 4.08. The Morgan fingerprint density at radius 1 is 1.42 bits per heavy atom. The lowest BCUT2D eigenvalue weighted by Gasteiger charge is -2.35. The lowest BCUT2D eigenvalue weighted by molar-refractivity contribution is -0.110. The highest BCUT2D eigenvalue weighted by atomic mass is 35.5. The van der Waals surface area contributed by atoms with Gasteiger partial charge in [-0.25, -0.2) is 18.7 Å². The smallest absolute Gasteiger partial charge is 0.248 e. The topological polar surface area (TPSA) is 46.0 Å². The molecule has 0 radical (unpaired) electrons. The molecule has 0 aliphatic heterocycles. The van der Waals surface area contributed by atoms with E-state index in [0.29, 0.717) is 34.4 Å². The summed E-state index contributed by atoms with van der Waals surface area (Å²) in [5.74, 6) is -2.59. The number of hydrogen-bond acceptors (Lipinski definition) is 4. The summed E-state index contributed by atoms with van der Waals surface area (Å²) in [6.45, 7) is -0.0600. The van der Waals surface area contributed by atoms with Gasteiger partial charge in [-0.2, -0.15) is 0 Å². The van der Waals surface area contributed by atoms with E-state index in [0.717, 1.165) is 0 Å². The molecule has 0 saturated heterocycles. The number of aliphatic hydroxyl groups is 1. The second-order valence-electron chi connectivity index (χ2n) is 4.73. The van der Waals surface area contributed by atoms with Crippen LogP contribution in [0.3, 0.4) is 0 Å². The molecule has 19 heavy (non-hydrogen) atoms. The van der Waals surface area contributed by atoms with Crippen molar-refractivity contribution < 1.29 is 13.9 Å². The molecule has 1 heterocycles. The van der Waals surface area contributed by atoms with Crippen molar-refractivity contribution in [2.75, 3.05) is 12.9 Å². The Hall–Kier alpha value is -0.460. The SMILES string of the molecule is CSc1nc(Cl)c(CCO)c(CC2CC(F)(F)C2)n1. The van der Waals surface area contributed by atoms with E-state index in [1.807, 2.05) is 6.26 Å². The van der Waals surface area contributed by atoms with Gasteiger partial charge < -0.3 is 5.11 Å². The first-order chi connectivity index (χ1) is 8.95. The van der Waals surface area contributed by atoms with E-state index in [-0.39, 0.29) is 25.4 Å². The summed E-state index contributed by atoms with van der Waals surface area (Å²) in [6.07, 6.45) is 2.47. The third-order valence-electron chi connectivity index (χ3n) is 3.22. The van der Waals surface area contributed by atoms with Crippen molar-refractivity contribution in [3.63, 3.8) is 0 Å². The summed E-state index contributed by atoms with van der Waals surface area (Å²) in [5, 5.41) is 9.89. The highest BCUT2D eigenvalue weighted by Gasteiger charge is 2.45. The molecule has 1 aromatic heterocycles. The van der Waals surface area contributed by atoms with E-state index in [1.54, 1.807) is 0 Å². The van der Waals surface area contributed by atoms with E-state index < -0.39 is 5.92 Å². The van der Waals surface area contributed by atoms with E-state index in [4.69, 9.17) is 16.7 Å². The maximum absolute atomic E-state index is 12.9. The van der Waals surface area contributed by atoms with Gasteiger partial charge in [0.15, 0.2) is 5.16 Å². The van der Waals surface area contributed by atoms with Crippen LogP contribution < -0.4 is 0 Å². The molecule has 3 nitrogen and oxygen atoms in total. The number of alkyl halides is 2. The van der Waals surface area contributed by atoms with Gasteiger partial charge in [-0.05, 0) is 18.6 Å². The number of nitrogens with zero attached hydrogens (tertiary/aromatic N) is 2. The average molecular weight is 309 g/mol. The Bertz CT molecular complexity index is 465. The van der Waals surface area contributed by atoms with Crippen molar-refractivity contribution in [3.8, 4) is 0 Å². The first-order valence-corrected chi connectivity index (χ1v) is 7.63. The molecule has 1 aliphatic carbocycles. The molecule has 0 amide bonds. The molecule has 0 spiro atoms. The minimum absolute atomic E-state index is 0.0600. The number of rotatable bonds is 5. The minimum Gasteiger partial charge on any atom is -0.396 e. The zero-order valence-corrected chi connectivity index (χ0v) is 12.1. The van der Waals surface area contributed by atoms with E-state index >= 15 is 0 Å². The first kappa shape index (κ1) is 14.9. The molecule has 0 atom stereocenters. The second kappa shape index (κ2) is 5.89. The molecule has 1 saturated carbocycles. The van der Waals surface area contributed by atoms with Gasteiger partial charge in [-0.15, -0.1) is 0 Å². The minimum atomic E-state index is -2.53. The fourth-order valence-corrected chi connectivity index (χ4v) is 3.02. The van der Waals surface area contributed by atoms with Crippen molar-refractivity contribution in [2.24, 2.45) is 5.92 Å². The zero-order valence-electron chi connectivity index (χ0n) is 10.5. The van der Waals surface area contributed by atoms with Crippen LogP contribution in [-0.2, 0) is 12.8 Å². The third kappa shape index (κ3) is 3.55. The Labute approximate surface area is 119 Å². The molecule has 1 N–H and O–H groups in total. The number of hydrogen-bond donors (Lipinski definition) is 1. The predicted octanol–water partition coefficient (Wildman–Crippen LogP) is 2.97. The molecule has 0 aromatic carbocycles. The lowest BCUT2D eigenvalue weighted by Crippen LogP contribution is -2.36. The monoisotopic (exact) mass is 308 g/mol. The van der Waals surface area contributed by atoms with Gasteiger partial charge in [0.1, 0.15) is 5.15 Å². The summed E-state index contributed by atoms with van der Waals surface area (Å²) in [5.41, 5.74) is 1.37. The van der Waals surface area contributed by atoms with E-state index in [9.17, 15) is 8.78 Å². The Morgan fingerprint density at radius 3 is 2.63 bits per heavy atom. The van der Waals surface area contributed by atoms with Crippen LogP contribution in [0.25, 0.3) is 0 Å². The molecule has 1 aromatic rings. The highest BCUT2D eigenvalue weighted by Crippen LogP contribution is 2.44. The largest absolute Gasteiger partial charge is 0.396 e. The van der Waals surface area contributed by atoms with Crippen LogP contribution in [0.5, 0.6) is 0 Å². The standard InChI is InChI=1S/C12H15ClF2N2OS/c1-19-11-16-9(4-7-5-12(14,15)6-7)8(2-3-18)10(13)17-11/h7,18H,2-6H2,1H3. The second-order valence-corrected chi connectivity index (χ2v) is 5.87. The molecule has 106 valence electrons. The van der Waals surface area contributed by atoms with Crippen LogP contribution in [0.4, 0.5) is 8.78 Å². The molecule has 0 bridgehead atoms. The molecule has 0 unspecified atom stereocenters. The zero-order chi connectivity index (χ0) is 14.0. The maximum Gasteiger partial charge on any atom is 0.248 e. The van der Waals surface area contributed by atoms with Gasteiger partial charge in [0.25, 0.3) is 0 Å². The first-order valence-electron chi connectivity index (χ1n) is 6.03. The summed E-state index contributed by atoms with van der Waals surface area (Å²) < 4.78 is 25.7. The van der Waals surface area contributed by atoms with Crippen molar-refractivity contribution in [1.29, 1.82) is 0 Å². The quantitative estimate of drug-likeness (QED) is 0.516. The molecule has 2 rings (SSSR count). The van der Waals surface area contributed by atoms with Crippen LogP contribution in [0.1, 0.15) is 24.1 Å². The van der Waals surface area contributed by atoms with Crippen LogP contribution in [0.15, 0.2) is 5.16 Å². The van der Waals surface area contributed by atoms with Crippen LogP contribution in [-0.4, -0.2) is 33.9 Å². The van der Waals surface area contributed by atoms with Crippen molar-refractivity contribution in [1.82, 2.24) is 9.97 Å². The van der Waals surface area contributed by atoms with Gasteiger partial charge in [-0.3, -0.25) is 0 Å². The van der Waals surface area contributed by atoms with Crippen molar-refractivity contribution in [2.45, 2.75) is 36.8 Å². The normalized spacial score (nSPS) is 18.4. The van der Waals surface area contributed by atoms with Crippen molar-refractivity contribution in [3.05, 3.63) is 16.4 Å². The summed E-state index contributed by atoms with van der Waals surface area (Å²) in [6, 6.07) is 0. The summed E-state index contributed by atoms with van der Waals surface area (Å²) in [4.78, 5) is 8.46. The van der Waals surface area contributed by atoms with Crippen LogP contribution in [0, 0.1) is 5.92 Å². The lowest BCUT2D eigenvalue weighted by atomic mass is 9.78. The Morgan fingerprint density at radius 2 is 2.11 bits per heavy atom. The Kier molecular flexibility index (Phi) is 4.63. The van der Waals surface area contributed by atoms with Gasteiger partial charge in [0.05, 0.1) is 5.69 Å². The molecule has 1 aliphatic rings. The highest BCUT2D eigenvalue weighted by molar-refractivity contribution is 7.98. The Balaban J connectivity index is 2.19. The number of aromatic nitrogens is 2. The number of halogens is 3. The maximum atomic E-state index is 12.9. The molecule has 1 fully saturated rings. The average Bonchev–Trinajstić information content (AvgIpc) is 2.30. The fraction of sp³-hybridized carbons (Fsp3) is 0.667. The molecular weight excluding hydrogens is 294 g/mol. The van der Waals surface area contributed by atoms with Gasteiger partial charge in [0.2, 0.25) is 5.92 Å². The summed E-state index contributed by atoms with van der Waals surface area (Å²) >= 11 is 7.43. The van der Waals surface area contributed by atoms with Crippen LogP contribution in [0.2, 0.25) is 5.15 Å². The molecular formula is C12H15ClF2N2OS. The fourth-order valence-electron chi connectivity index (χ4n) is 2.30. The molecule has 7 heteroatoms. The van der Waals surface area contributed by atoms with E-state index in [1.165, 1.54) is 11.8 Å². The van der Waals surface area contributed by atoms with Gasteiger partial charge >= 0.3 is 0 Å². The number of aliphatic hydroxyl groups excluding tert-OH is 1. The van der Waals surface area contributed by atoms with Gasteiger partial charge in [0, 0.05) is 31.4 Å².